The SMILES string of the molecule is Cn1cc(/C=N/N2CCCC2)c(C2CCCCC2)n1. The van der Waals surface area contributed by atoms with Gasteiger partial charge in [0.25, 0.3) is 0 Å². The van der Waals surface area contributed by atoms with Gasteiger partial charge in [-0.05, 0) is 25.7 Å². The third-order valence-corrected chi connectivity index (χ3v) is 4.32. The lowest BCUT2D eigenvalue weighted by atomic mass is 9.86. The number of rotatable bonds is 3. The number of aromatic nitrogens is 2. The number of hydrazone groups is 1. The van der Waals surface area contributed by atoms with Crippen molar-refractivity contribution in [3.05, 3.63) is 17.5 Å². The highest BCUT2D eigenvalue weighted by Crippen LogP contribution is 2.33. The van der Waals surface area contributed by atoms with E-state index in [9.17, 15) is 0 Å². The molecule has 1 aliphatic heterocycles. The van der Waals surface area contributed by atoms with Crippen LogP contribution in [0.1, 0.15) is 62.1 Å². The van der Waals surface area contributed by atoms with Crippen LogP contribution in [0.25, 0.3) is 0 Å². The lowest BCUT2D eigenvalue weighted by molar-refractivity contribution is 0.362. The molecule has 3 rings (SSSR count). The topological polar surface area (TPSA) is 33.4 Å². The molecule has 2 fully saturated rings. The maximum Gasteiger partial charge on any atom is 0.0743 e. The van der Waals surface area contributed by atoms with E-state index >= 15 is 0 Å². The molecule has 0 spiro atoms. The minimum atomic E-state index is 0.648. The highest BCUT2D eigenvalue weighted by Gasteiger charge is 2.21. The number of nitrogens with zero attached hydrogens (tertiary/aromatic N) is 4. The molecule has 4 heteroatoms. The van der Waals surface area contributed by atoms with Crippen molar-refractivity contribution in [1.82, 2.24) is 14.8 Å². The van der Waals surface area contributed by atoms with Crippen molar-refractivity contribution in [1.29, 1.82) is 0 Å². The summed E-state index contributed by atoms with van der Waals surface area (Å²) in [6.07, 6.45) is 13.4. The van der Waals surface area contributed by atoms with Gasteiger partial charge in [0.1, 0.15) is 0 Å². The highest BCUT2D eigenvalue weighted by atomic mass is 15.5. The summed E-state index contributed by atoms with van der Waals surface area (Å²) in [7, 11) is 2.01. The molecule has 0 bridgehead atoms. The Balaban J connectivity index is 1.76. The molecule has 0 aromatic carbocycles. The third-order valence-electron chi connectivity index (χ3n) is 4.32. The quantitative estimate of drug-likeness (QED) is 0.783. The summed E-state index contributed by atoms with van der Waals surface area (Å²) in [4.78, 5) is 0. The molecule has 19 heavy (non-hydrogen) atoms. The van der Waals surface area contributed by atoms with Gasteiger partial charge in [-0.25, -0.2) is 0 Å². The molecular weight excluding hydrogens is 236 g/mol. The Morgan fingerprint density at radius 1 is 1.16 bits per heavy atom. The Bertz CT molecular complexity index is 437. The molecule has 0 radical (unpaired) electrons. The van der Waals surface area contributed by atoms with Gasteiger partial charge in [0.2, 0.25) is 0 Å². The van der Waals surface area contributed by atoms with Gasteiger partial charge >= 0.3 is 0 Å². The zero-order valence-electron chi connectivity index (χ0n) is 11.9. The van der Waals surface area contributed by atoms with Crippen molar-refractivity contribution in [3.8, 4) is 0 Å². The number of aryl methyl sites for hydroxylation is 1. The first-order valence-corrected chi connectivity index (χ1v) is 7.65. The Labute approximate surface area is 115 Å². The van der Waals surface area contributed by atoms with Crippen LogP contribution in [-0.2, 0) is 7.05 Å². The largest absolute Gasteiger partial charge is 0.297 e. The van der Waals surface area contributed by atoms with Crippen LogP contribution in [-0.4, -0.2) is 34.1 Å². The first-order valence-electron chi connectivity index (χ1n) is 7.65. The molecule has 0 amide bonds. The van der Waals surface area contributed by atoms with Crippen molar-refractivity contribution in [3.63, 3.8) is 0 Å². The standard InChI is InChI=1S/C15H24N4/c1-18-12-14(11-16-19-9-5-6-10-19)15(17-18)13-7-3-2-4-8-13/h11-13H,2-10H2,1H3/b16-11+. The van der Waals surface area contributed by atoms with Crippen LogP contribution in [0.3, 0.4) is 0 Å². The molecule has 1 aromatic rings. The summed E-state index contributed by atoms with van der Waals surface area (Å²) in [5.74, 6) is 0.648. The van der Waals surface area contributed by atoms with Gasteiger partial charge in [0.05, 0.1) is 11.9 Å². The van der Waals surface area contributed by atoms with E-state index in [1.54, 1.807) is 0 Å². The zero-order valence-corrected chi connectivity index (χ0v) is 11.9. The molecule has 2 heterocycles. The van der Waals surface area contributed by atoms with E-state index in [2.05, 4.69) is 21.4 Å². The second-order valence-corrected chi connectivity index (χ2v) is 5.88. The number of hydrogen-bond donors (Lipinski definition) is 0. The lowest BCUT2D eigenvalue weighted by Gasteiger charge is -2.20. The summed E-state index contributed by atoms with van der Waals surface area (Å²) < 4.78 is 1.94. The van der Waals surface area contributed by atoms with Gasteiger partial charge in [0.15, 0.2) is 0 Å². The molecule has 1 aliphatic carbocycles. The Kier molecular flexibility index (Phi) is 3.85. The summed E-state index contributed by atoms with van der Waals surface area (Å²) in [5.41, 5.74) is 2.49. The van der Waals surface area contributed by atoms with Crippen molar-refractivity contribution in [2.45, 2.75) is 50.9 Å². The van der Waals surface area contributed by atoms with E-state index in [0.29, 0.717) is 5.92 Å². The smallest absolute Gasteiger partial charge is 0.0743 e. The van der Waals surface area contributed by atoms with Gasteiger partial charge in [-0.3, -0.25) is 9.69 Å². The minimum absolute atomic E-state index is 0.648. The van der Waals surface area contributed by atoms with Crippen LogP contribution in [0.2, 0.25) is 0 Å². The Hall–Kier alpha value is -1.32. The molecule has 0 unspecified atom stereocenters. The minimum Gasteiger partial charge on any atom is -0.297 e. The summed E-state index contributed by atoms with van der Waals surface area (Å²) in [5, 5.41) is 11.5. The van der Waals surface area contributed by atoms with Gasteiger partial charge in [-0.2, -0.15) is 10.2 Å². The van der Waals surface area contributed by atoms with E-state index in [1.165, 1.54) is 56.2 Å². The molecule has 2 aliphatic rings. The maximum atomic E-state index is 4.69. The molecule has 4 nitrogen and oxygen atoms in total. The van der Waals surface area contributed by atoms with Crippen molar-refractivity contribution >= 4 is 6.21 Å². The third kappa shape index (κ3) is 2.99. The summed E-state index contributed by atoms with van der Waals surface area (Å²) in [6.45, 7) is 2.21. The normalized spacial score (nSPS) is 21.6. The lowest BCUT2D eigenvalue weighted by Crippen LogP contribution is -2.12. The number of hydrogen-bond acceptors (Lipinski definition) is 3. The predicted molar refractivity (Wildman–Crippen MR) is 77.4 cm³/mol. The highest BCUT2D eigenvalue weighted by molar-refractivity contribution is 5.80. The maximum absolute atomic E-state index is 4.69. The van der Waals surface area contributed by atoms with E-state index in [1.807, 2.05) is 17.9 Å². The first-order chi connectivity index (χ1) is 9.33. The molecule has 1 saturated heterocycles. The van der Waals surface area contributed by atoms with Crippen LogP contribution in [0.15, 0.2) is 11.3 Å². The van der Waals surface area contributed by atoms with Crippen LogP contribution in [0.5, 0.6) is 0 Å². The summed E-state index contributed by atoms with van der Waals surface area (Å²) >= 11 is 0. The fraction of sp³-hybridized carbons (Fsp3) is 0.733. The predicted octanol–water partition coefficient (Wildman–Crippen LogP) is 2.90. The average Bonchev–Trinajstić information content (AvgIpc) is 3.06. The second-order valence-electron chi connectivity index (χ2n) is 5.88. The Morgan fingerprint density at radius 2 is 1.89 bits per heavy atom. The van der Waals surface area contributed by atoms with Gasteiger partial charge in [-0.1, -0.05) is 19.3 Å². The van der Waals surface area contributed by atoms with Crippen LogP contribution in [0, 0.1) is 0 Å². The van der Waals surface area contributed by atoms with E-state index in [0.717, 1.165) is 13.1 Å². The Morgan fingerprint density at radius 3 is 2.63 bits per heavy atom. The molecule has 0 N–H and O–H groups in total. The fourth-order valence-electron chi connectivity index (χ4n) is 3.28. The van der Waals surface area contributed by atoms with Crippen molar-refractivity contribution < 1.29 is 0 Å². The molecule has 0 atom stereocenters. The second kappa shape index (κ2) is 5.76. The van der Waals surface area contributed by atoms with E-state index < -0.39 is 0 Å². The van der Waals surface area contributed by atoms with E-state index in [-0.39, 0.29) is 0 Å². The van der Waals surface area contributed by atoms with Gasteiger partial charge < -0.3 is 0 Å². The van der Waals surface area contributed by atoms with Crippen LogP contribution in [0.4, 0.5) is 0 Å². The molecule has 104 valence electrons. The van der Waals surface area contributed by atoms with Crippen LogP contribution >= 0.6 is 0 Å². The van der Waals surface area contributed by atoms with Crippen LogP contribution < -0.4 is 0 Å². The summed E-state index contributed by atoms with van der Waals surface area (Å²) in [6, 6.07) is 0. The van der Waals surface area contributed by atoms with E-state index in [4.69, 9.17) is 0 Å². The van der Waals surface area contributed by atoms with Gasteiger partial charge in [0, 0.05) is 37.8 Å². The molecule has 1 saturated carbocycles. The average molecular weight is 260 g/mol. The molecular formula is C15H24N4. The molecule has 1 aromatic heterocycles. The zero-order chi connectivity index (χ0) is 13.1. The van der Waals surface area contributed by atoms with Gasteiger partial charge in [-0.15, -0.1) is 0 Å². The fourth-order valence-corrected chi connectivity index (χ4v) is 3.28. The monoisotopic (exact) mass is 260 g/mol. The first kappa shape index (κ1) is 12.7. The van der Waals surface area contributed by atoms with Crippen molar-refractivity contribution in [2.75, 3.05) is 13.1 Å². The van der Waals surface area contributed by atoms with Crippen molar-refractivity contribution in [2.24, 2.45) is 12.1 Å².